The van der Waals surface area contributed by atoms with Crippen molar-refractivity contribution < 1.29 is 14.7 Å². The molecule has 0 saturated heterocycles. The average molecular weight is 394 g/mol. The van der Waals surface area contributed by atoms with Crippen LogP contribution in [0.3, 0.4) is 0 Å². The third-order valence-electron chi connectivity index (χ3n) is 5.33. The Morgan fingerprint density at radius 3 is 2.45 bits per heavy atom. The molecule has 0 fully saturated rings. The van der Waals surface area contributed by atoms with E-state index >= 15 is 0 Å². The summed E-state index contributed by atoms with van der Waals surface area (Å²) in [7, 11) is 0. The molecule has 0 aliphatic rings. The predicted octanol–water partition coefficient (Wildman–Crippen LogP) is 3.98. The molecule has 1 aromatic carbocycles. The molecule has 0 aliphatic carbocycles. The Balaban J connectivity index is 1.84. The standard InChI is InChI=1S/C22H26N4O3/c1-14-11-19(16(3)26(14)15(2)17-9-7-6-8-10-17)20(27)24-18-12-23-25(13-18)22(4,5)21(28)29/h6-13,15H,1-5H3,(H,24,27)(H,28,29). The van der Waals surface area contributed by atoms with E-state index < -0.39 is 11.5 Å². The highest BCUT2D eigenvalue weighted by molar-refractivity contribution is 6.05. The van der Waals surface area contributed by atoms with Crippen LogP contribution in [0.5, 0.6) is 0 Å². The molecule has 0 radical (unpaired) electrons. The summed E-state index contributed by atoms with van der Waals surface area (Å²) in [6, 6.07) is 12.1. The van der Waals surface area contributed by atoms with Crippen LogP contribution < -0.4 is 5.32 Å². The van der Waals surface area contributed by atoms with E-state index in [1.165, 1.54) is 22.6 Å². The molecular weight excluding hydrogens is 368 g/mol. The highest BCUT2D eigenvalue weighted by atomic mass is 16.4. The number of nitrogens with one attached hydrogen (secondary N) is 1. The van der Waals surface area contributed by atoms with Gasteiger partial charge in [0.05, 0.1) is 23.5 Å². The number of benzene rings is 1. The Bertz CT molecular complexity index is 1050. The zero-order valence-electron chi connectivity index (χ0n) is 17.3. The molecule has 2 heterocycles. The number of nitrogens with zero attached hydrogens (tertiary/aromatic N) is 3. The van der Waals surface area contributed by atoms with Crippen molar-refractivity contribution >= 4 is 17.6 Å². The molecule has 152 valence electrons. The lowest BCUT2D eigenvalue weighted by atomic mass is 10.1. The minimum Gasteiger partial charge on any atom is -0.479 e. The predicted molar refractivity (Wildman–Crippen MR) is 111 cm³/mol. The third-order valence-corrected chi connectivity index (χ3v) is 5.33. The summed E-state index contributed by atoms with van der Waals surface area (Å²) < 4.78 is 3.47. The molecule has 2 aromatic heterocycles. The molecular formula is C22H26N4O3. The number of aromatic nitrogens is 3. The Hall–Kier alpha value is -3.35. The number of carbonyl (C=O) groups is 2. The van der Waals surface area contributed by atoms with Crippen LogP contribution in [0.2, 0.25) is 0 Å². The van der Waals surface area contributed by atoms with Crippen molar-refractivity contribution in [3.8, 4) is 0 Å². The van der Waals surface area contributed by atoms with Crippen LogP contribution in [-0.4, -0.2) is 31.3 Å². The molecule has 7 heteroatoms. The monoisotopic (exact) mass is 394 g/mol. The van der Waals surface area contributed by atoms with Gasteiger partial charge >= 0.3 is 5.97 Å². The van der Waals surface area contributed by atoms with E-state index in [9.17, 15) is 14.7 Å². The molecule has 0 saturated carbocycles. The van der Waals surface area contributed by atoms with Gasteiger partial charge in [0.25, 0.3) is 5.91 Å². The smallest absolute Gasteiger partial charge is 0.331 e. The molecule has 0 aliphatic heterocycles. The lowest BCUT2D eigenvalue weighted by Crippen LogP contribution is -2.35. The normalized spacial score (nSPS) is 12.6. The number of carboxylic acid groups (broad SMARTS) is 1. The first-order valence-corrected chi connectivity index (χ1v) is 9.46. The highest BCUT2D eigenvalue weighted by Crippen LogP contribution is 2.26. The van der Waals surface area contributed by atoms with E-state index in [2.05, 4.69) is 34.0 Å². The third kappa shape index (κ3) is 3.81. The molecule has 29 heavy (non-hydrogen) atoms. The van der Waals surface area contributed by atoms with Crippen LogP contribution >= 0.6 is 0 Å². The van der Waals surface area contributed by atoms with E-state index in [0.717, 1.165) is 11.4 Å². The zero-order chi connectivity index (χ0) is 21.3. The Labute approximate surface area is 170 Å². The van der Waals surface area contributed by atoms with Crippen LogP contribution in [-0.2, 0) is 10.3 Å². The van der Waals surface area contributed by atoms with Gasteiger partial charge < -0.3 is 15.0 Å². The SMILES string of the molecule is Cc1cc(C(=O)Nc2cnn(C(C)(C)C(=O)O)c2)c(C)n1C(C)c1ccccc1. The van der Waals surface area contributed by atoms with Crippen LogP contribution in [0.25, 0.3) is 0 Å². The van der Waals surface area contributed by atoms with E-state index in [0.29, 0.717) is 11.3 Å². The Kier molecular flexibility index (Phi) is 5.33. The topological polar surface area (TPSA) is 89.2 Å². The van der Waals surface area contributed by atoms with Crippen LogP contribution in [0.15, 0.2) is 48.8 Å². The summed E-state index contributed by atoms with van der Waals surface area (Å²) in [5.41, 5.74) is 2.85. The zero-order valence-corrected chi connectivity index (χ0v) is 17.3. The molecule has 3 rings (SSSR count). The van der Waals surface area contributed by atoms with Crippen molar-refractivity contribution in [1.82, 2.24) is 14.3 Å². The lowest BCUT2D eigenvalue weighted by molar-refractivity contribution is -0.146. The number of rotatable bonds is 6. The summed E-state index contributed by atoms with van der Waals surface area (Å²) in [4.78, 5) is 24.3. The van der Waals surface area contributed by atoms with E-state index in [4.69, 9.17) is 0 Å². The number of amides is 1. The molecule has 0 bridgehead atoms. The van der Waals surface area contributed by atoms with Gasteiger partial charge in [0.1, 0.15) is 0 Å². The van der Waals surface area contributed by atoms with Gasteiger partial charge in [-0.3, -0.25) is 9.48 Å². The first-order valence-electron chi connectivity index (χ1n) is 9.46. The van der Waals surface area contributed by atoms with Gasteiger partial charge in [-0.2, -0.15) is 5.10 Å². The number of aliphatic carboxylic acids is 1. The minimum atomic E-state index is -1.20. The summed E-state index contributed by atoms with van der Waals surface area (Å²) >= 11 is 0. The molecule has 1 amide bonds. The number of carboxylic acids is 1. The van der Waals surface area contributed by atoms with E-state index in [-0.39, 0.29) is 11.9 Å². The second-order valence-corrected chi connectivity index (χ2v) is 7.73. The van der Waals surface area contributed by atoms with Gasteiger partial charge in [0.15, 0.2) is 5.54 Å². The second kappa shape index (κ2) is 7.58. The van der Waals surface area contributed by atoms with Crippen molar-refractivity contribution in [1.29, 1.82) is 0 Å². The first-order chi connectivity index (χ1) is 13.6. The second-order valence-electron chi connectivity index (χ2n) is 7.73. The number of aryl methyl sites for hydroxylation is 1. The van der Waals surface area contributed by atoms with Crippen molar-refractivity contribution in [3.05, 3.63) is 71.3 Å². The largest absolute Gasteiger partial charge is 0.479 e. The van der Waals surface area contributed by atoms with Crippen molar-refractivity contribution in [2.24, 2.45) is 0 Å². The molecule has 1 atom stereocenters. The fraction of sp³-hybridized carbons (Fsp3) is 0.318. The number of hydrogen-bond acceptors (Lipinski definition) is 3. The van der Waals surface area contributed by atoms with Gasteiger partial charge in [0.2, 0.25) is 0 Å². The molecule has 0 spiro atoms. The summed E-state index contributed by atoms with van der Waals surface area (Å²) in [5.74, 6) is -1.26. The fourth-order valence-corrected chi connectivity index (χ4v) is 3.47. The van der Waals surface area contributed by atoms with Gasteiger partial charge in [-0.15, -0.1) is 0 Å². The maximum atomic E-state index is 12.9. The number of carbonyl (C=O) groups excluding carboxylic acids is 1. The van der Waals surface area contributed by atoms with Gasteiger partial charge in [-0.25, -0.2) is 4.79 Å². The van der Waals surface area contributed by atoms with Crippen LogP contribution in [0.4, 0.5) is 5.69 Å². The van der Waals surface area contributed by atoms with Gasteiger partial charge in [0, 0.05) is 17.6 Å². The maximum absolute atomic E-state index is 12.9. The summed E-state index contributed by atoms with van der Waals surface area (Å²) in [5, 5.41) is 16.2. The number of anilines is 1. The van der Waals surface area contributed by atoms with Crippen molar-refractivity contribution in [3.63, 3.8) is 0 Å². The van der Waals surface area contributed by atoms with Crippen molar-refractivity contribution in [2.75, 3.05) is 5.32 Å². The van der Waals surface area contributed by atoms with Crippen molar-refractivity contribution in [2.45, 2.75) is 46.2 Å². The van der Waals surface area contributed by atoms with Crippen LogP contribution in [0.1, 0.15) is 54.1 Å². The maximum Gasteiger partial charge on any atom is 0.331 e. The van der Waals surface area contributed by atoms with E-state index in [1.807, 2.05) is 38.1 Å². The lowest BCUT2D eigenvalue weighted by Gasteiger charge is -2.19. The Morgan fingerprint density at radius 2 is 1.83 bits per heavy atom. The summed E-state index contributed by atoms with van der Waals surface area (Å²) in [6.07, 6.45) is 2.98. The molecule has 7 nitrogen and oxygen atoms in total. The van der Waals surface area contributed by atoms with Gasteiger partial charge in [-0.1, -0.05) is 30.3 Å². The Morgan fingerprint density at radius 1 is 1.17 bits per heavy atom. The molecule has 1 unspecified atom stereocenters. The molecule has 3 aromatic rings. The van der Waals surface area contributed by atoms with Gasteiger partial charge in [-0.05, 0) is 46.2 Å². The quantitative estimate of drug-likeness (QED) is 0.662. The minimum absolute atomic E-state index is 0.0943. The fourth-order valence-electron chi connectivity index (χ4n) is 3.47. The van der Waals surface area contributed by atoms with Crippen LogP contribution in [0, 0.1) is 13.8 Å². The van der Waals surface area contributed by atoms with E-state index in [1.54, 1.807) is 13.8 Å². The number of hydrogen-bond donors (Lipinski definition) is 2. The average Bonchev–Trinajstić information content (AvgIpc) is 3.26. The highest BCUT2D eigenvalue weighted by Gasteiger charge is 2.30. The first kappa shape index (κ1) is 20.4. The summed E-state index contributed by atoms with van der Waals surface area (Å²) in [6.45, 7) is 9.11. The molecule has 2 N–H and O–H groups in total.